The Labute approximate surface area is 147 Å². The predicted molar refractivity (Wildman–Crippen MR) is 94.1 cm³/mol. The van der Waals surface area contributed by atoms with Gasteiger partial charge in [0.1, 0.15) is 12.2 Å². The molecular formula is C20H36O4. The molecule has 1 aliphatic carbocycles. The van der Waals surface area contributed by atoms with Crippen LogP contribution in [-0.4, -0.2) is 50.8 Å². The van der Waals surface area contributed by atoms with Crippen molar-refractivity contribution in [3.63, 3.8) is 0 Å². The number of epoxide rings is 2. The molecule has 0 aromatic carbocycles. The van der Waals surface area contributed by atoms with Crippen molar-refractivity contribution in [2.75, 3.05) is 26.4 Å². The molecule has 3 fully saturated rings. The molecule has 1 saturated carbocycles. The average molecular weight is 341 g/mol. The number of hydrogen-bond acceptors (Lipinski definition) is 4. The van der Waals surface area contributed by atoms with Crippen molar-refractivity contribution < 1.29 is 18.9 Å². The highest BCUT2D eigenvalue weighted by atomic mass is 16.6. The summed E-state index contributed by atoms with van der Waals surface area (Å²) in [7, 11) is 0. The molecule has 3 aliphatic rings. The van der Waals surface area contributed by atoms with Crippen LogP contribution in [0.5, 0.6) is 0 Å². The second-order valence-electron chi connectivity index (χ2n) is 10.1. The van der Waals surface area contributed by atoms with Crippen molar-refractivity contribution in [3.8, 4) is 0 Å². The molecule has 140 valence electrons. The van der Waals surface area contributed by atoms with Crippen molar-refractivity contribution in [2.45, 2.75) is 78.8 Å². The highest BCUT2D eigenvalue weighted by Gasteiger charge is 2.47. The van der Waals surface area contributed by atoms with E-state index in [2.05, 4.69) is 41.5 Å². The topological polar surface area (TPSA) is 43.5 Å². The molecule has 6 unspecified atom stereocenters. The zero-order valence-electron chi connectivity index (χ0n) is 16.3. The van der Waals surface area contributed by atoms with Gasteiger partial charge in [-0.15, -0.1) is 0 Å². The van der Waals surface area contributed by atoms with Crippen LogP contribution < -0.4 is 0 Å². The van der Waals surface area contributed by atoms with Gasteiger partial charge in [0.05, 0.1) is 38.6 Å². The van der Waals surface area contributed by atoms with E-state index in [-0.39, 0.29) is 10.8 Å². The minimum Gasteiger partial charge on any atom is -0.375 e. The van der Waals surface area contributed by atoms with Gasteiger partial charge < -0.3 is 18.9 Å². The van der Waals surface area contributed by atoms with Crippen molar-refractivity contribution in [2.24, 2.45) is 22.7 Å². The molecule has 24 heavy (non-hydrogen) atoms. The van der Waals surface area contributed by atoms with Gasteiger partial charge in [-0.05, 0) is 35.5 Å². The summed E-state index contributed by atoms with van der Waals surface area (Å²) in [6, 6.07) is 0. The van der Waals surface area contributed by atoms with Gasteiger partial charge in [0.2, 0.25) is 0 Å². The van der Waals surface area contributed by atoms with Crippen LogP contribution in [0, 0.1) is 22.7 Å². The highest BCUT2D eigenvalue weighted by Crippen LogP contribution is 2.48. The summed E-state index contributed by atoms with van der Waals surface area (Å²) >= 11 is 0. The van der Waals surface area contributed by atoms with E-state index >= 15 is 0 Å². The Morgan fingerprint density at radius 3 is 1.29 bits per heavy atom. The van der Waals surface area contributed by atoms with Gasteiger partial charge in [-0.3, -0.25) is 0 Å². The van der Waals surface area contributed by atoms with Gasteiger partial charge in [-0.25, -0.2) is 0 Å². The van der Waals surface area contributed by atoms with E-state index in [0.29, 0.717) is 36.3 Å². The quantitative estimate of drug-likeness (QED) is 0.692. The molecule has 0 radical (unpaired) electrons. The fourth-order valence-corrected chi connectivity index (χ4v) is 4.11. The molecule has 4 nitrogen and oxygen atoms in total. The van der Waals surface area contributed by atoms with E-state index in [1.54, 1.807) is 0 Å². The Morgan fingerprint density at radius 1 is 0.708 bits per heavy atom. The van der Waals surface area contributed by atoms with E-state index in [1.807, 2.05) is 0 Å². The molecule has 0 amide bonds. The summed E-state index contributed by atoms with van der Waals surface area (Å²) in [5.74, 6) is 1.03. The summed E-state index contributed by atoms with van der Waals surface area (Å²) < 4.78 is 23.4. The van der Waals surface area contributed by atoms with E-state index in [1.165, 1.54) is 0 Å². The molecule has 3 rings (SSSR count). The third kappa shape index (κ3) is 4.94. The lowest BCUT2D eigenvalue weighted by Gasteiger charge is -2.50. The van der Waals surface area contributed by atoms with Crippen molar-refractivity contribution in [1.29, 1.82) is 0 Å². The maximum Gasteiger partial charge on any atom is 0.104 e. The van der Waals surface area contributed by atoms with Gasteiger partial charge in [-0.1, -0.05) is 41.5 Å². The smallest absolute Gasteiger partial charge is 0.104 e. The summed E-state index contributed by atoms with van der Waals surface area (Å²) in [6.45, 7) is 17.2. The first kappa shape index (κ1) is 18.6. The molecule has 6 atom stereocenters. The van der Waals surface area contributed by atoms with E-state index in [9.17, 15) is 0 Å². The Balaban J connectivity index is 1.70. The van der Waals surface area contributed by atoms with Crippen molar-refractivity contribution >= 4 is 0 Å². The maximum absolute atomic E-state index is 6.35. The molecule has 2 heterocycles. The fraction of sp³-hybridized carbons (Fsp3) is 1.00. The third-order valence-electron chi connectivity index (χ3n) is 5.89. The van der Waals surface area contributed by atoms with Crippen LogP contribution >= 0.6 is 0 Å². The molecule has 4 heteroatoms. The summed E-state index contributed by atoms with van der Waals surface area (Å²) in [5.41, 5.74) is 0.436. The van der Waals surface area contributed by atoms with E-state index < -0.39 is 0 Å². The molecule has 0 aromatic rings. The fourth-order valence-electron chi connectivity index (χ4n) is 4.11. The molecular weight excluding hydrogens is 304 g/mol. The lowest BCUT2D eigenvalue weighted by Crippen LogP contribution is -2.50. The molecule has 0 spiro atoms. The molecule has 0 N–H and O–H groups in total. The average Bonchev–Trinajstić information content (AvgIpc) is 3.34. The molecule has 2 aliphatic heterocycles. The second kappa shape index (κ2) is 6.86. The summed E-state index contributed by atoms with van der Waals surface area (Å²) in [6.07, 6.45) is 3.42. The van der Waals surface area contributed by atoms with Crippen LogP contribution in [0.4, 0.5) is 0 Å². The van der Waals surface area contributed by atoms with Gasteiger partial charge >= 0.3 is 0 Å². The Kier molecular flexibility index (Phi) is 5.33. The second-order valence-corrected chi connectivity index (χ2v) is 10.1. The standard InChI is InChI=1S/C20H36O4/c1-19(2,3)15-7-18(24-12-14-10-22-14)16(20(4,5)6)8-17(15)23-11-13-9-21-13/h13-18H,7-12H2,1-6H3. The van der Waals surface area contributed by atoms with E-state index in [4.69, 9.17) is 18.9 Å². The predicted octanol–water partition coefficient (Wildman–Crippen LogP) is 3.67. The van der Waals surface area contributed by atoms with Gasteiger partial charge in [0.25, 0.3) is 0 Å². The minimum atomic E-state index is 0.218. The lowest BCUT2D eigenvalue weighted by atomic mass is 9.61. The SMILES string of the molecule is CC(C)(C)C1CC(OCC2CO2)C(C(C)(C)C)CC1OCC1CO1. The normalized spacial score (nSPS) is 39.8. The lowest BCUT2D eigenvalue weighted by molar-refractivity contribution is -0.141. The van der Waals surface area contributed by atoms with Crippen molar-refractivity contribution in [1.82, 2.24) is 0 Å². The summed E-state index contributed by atoms with van der Waals surface area (Å²) in [5, 5.41) is 0. The van der Waals surface area contributed by atoms with Crippen molar-refractivity contribution in [3.05, 3.63) is 0 Å². The zero-order chi connectivity index (χ0) is 17.5. The largest absolute Gasteiger partial charge is 0.375 e. The number of rotatable bonds is 6. The summed E-state index contributed by atoms with van der Waals surface area (Å²) in [4.78, 5) is 0. The van der Waals surface area contributed by atoms with E-state index in [0.717, 1.165) is 39.3 Å². The Hall–Kier alpha value is -0.160. The van der Waals surface area contributed by atoms with Gasteiger partial charge in [0.15, 0.2) is 0 Å². The van der Waals surface area contributed by atoms with Crippen LogP contribution in [0.15, 0.2) is 0 Å². The molecule has 0 aromatic heterocycles. The van der Waals surface area contributed by atoms with Gasteiger partial charge in [0, 0.05) is 0 Å². The first-order valence-corrected chi connectivity index (χ1v) is 9.61. The Bertz CT molecular complexity index is 374. The van der Waals surface area contributed by atoms with Crippen LogP contribution in [0.2, 0.25) is 0 Å². The third-order valence-corrected chi connectivity index (χ3v) is 5.89. The monoisotopic (exact) mass is 340 g/mol. The van der Waals surface area contributed by atoms with Crippen LogP contribution in [0.1, 0.15) is 54.4 Å². The molecule has 2 saturated heterocycles. The number of ether oxygens (including phenoxy) is 4. The first-order valence-electron chi connectivity index (χ1n) is 9.61. The Morgan fingerprint density at radius 2 is 1.04 bits per heavy atom. The highest BCUT2D eigenvalue weighted by molar-refractivity contribution is 4.96. The zero-order valence-corrected chi connectivity index (χ0v) is 16.3. The maximum atomic E-state index is 6.35. The van der Waals surface area contributed by atoms with Crippen LogP contribution in [-0.2, 0) is 18.9 Å². The molecule has 0 bridgehead atoms. The minimum absolute atomic E-state index is 0.218. The van der Waals surface area contributed by atoms with Gasteiger partial charge in [-0.2, -0.15) is 0 Å². The first-order chi connectivity index (χ1) is 11.1. The van der Waals surface area contributed by atoms with Crippen LogP contribution in [0.3, 0.4) is 0 Å². The van der Waals surface area contributed by atoms with Crippen LogP contribution in [0.25, 0.3) is 0 Å². The number of hydrogen-bond donors (Lipinski definition) is 0.